The van der Waals surface area contributed by atoms with Gasteiger partial charge >= 0.3 is 5.97 Å². The van der Waals surface area contributed by atoms with Gasteiger partial charge in [0.15, 0.2) is 12.1 Å². The molecule has 2 rings (SSSR count). The van der Waals surface area contributed by atoms with E-state index in [-0.39, 0.29) is 12.5 Å². The Hall–Kier alpha value is -1.38. The average Bonchev–Trinajstić information content (AvgIpc) is 2.83. The lowest BCUT2D eigenvalue weighted by Crippen LogP contribution is -2.40. The van der Waals surface area contributed by atoms with Crippen LogP contribution in [-0.2, 0) is 23.7 Å². The molecule has 0 aliphatic carbocycles. The van der Waals surface area contributed by atoms with E-state index in [1.807, 2.05) is 0 Å². The van der Waals surface area contributed by atoms with E-state index in [0.29, 0.717) is 6.54 Å². The topological polar surface area (TPSA) is 115 Å². The number of hydrogen-bond acceptors (Lipinski definition) is 7. The Morgan fingerprint density at radius 2 is 2.25 bits per heavy atom. The number of hydrogen-bond donors (Lipinski definition) is 1. The quantitative estimate of drug-likeness (QED) is 0.336. The van der Waals surface area contributed by atoms with Crippen molar-refractivity contribution in [2.24, 2.45) is 5.11 Å². The lowest BCUT2D eigenvalue weighted by atomic mass is 10.1. The molecule has 0 radical (unpaired) electrons. The monoisotopic (exact) mass is 286 g/mol. The van der Waals surface area contributed by atoms with Gasteiger partial charge in [-0.2, -0.15) is 0 Å². The summed E-state index contributed by atoms with van der Waals surface area (Å²) >= 11 is 0. The predicted octanol–water partition coefficient (Wildman–Crippen LogP) is 0.304. The predicted molar refractivity (Wildman–Crippen MR) is 66.5 cm³/mol. The molecule has 0 aromatic heterocycles. The van der Waals surface area contributed by atoms with Crippen LogP contribution in [0.15, 0.2) is 5.11 Å². The number of ether oxygens (including phenoxy) is 4. The lowest BCUT2D eigenvalue weighted by molar-refractivity contribution is -0.205. The number of rotatable bonds is 5. The molecule has 1 N–H and O–H groups in total. The molecule has 20 heavy (non-hydrogen) atoms. The van der Waals surface area contributed by atoms with Crippen molar-refractivity contribution in [3.63, 3.8) is 0 Å². The number of nitrogens with one attached hydrogen (secondary N) is 1. The van der Waals surface area contributed by atoms with Crippen molar-refractivity contribution >= 4 is 5.97 Å². The summed E-state index contributed by atoms with van der Waals surface area (Å²) in [4.78, 5) is 13.8. The van der Waals surface area contributed by atoms with Crippen molar-refractivity contribution in [3.8, 4) is 0 Å². The van der Waals surface area contributed by atoms with Crippen LogP contribution < -0.4 is 5.32 Å². The minimum atomic E-state index is -0.761. The fourth-order valence-electron chi connectivity index (χ4n) is 2.32. The minimum absolute atomic E-state index is 0.0574. The summed E-state index contributed by atoms with van der Waals surface area (Å²) in [5.41, 5.74) is 8.66. The highest BCUT2D eigenvalue weighted by Crippen LogP contribution is 2.38. The molecule has 4 atom stereocenters. The fourth-order valence-corrected chi connectivity index (χ4v) is 2.32. The molecule has 9 heteroatoms. The third-order valence-corrected chi connectivity index (χ3v) is 3.14. The molecule has 0 aromatic rings. The summed E-state index contributed by atoms with van der Waals surface area (Å²) in [5, 5.41) is 6.61. The summed E-state index contributed by atoms with van der Waals surface area (Å²) in [7, 11) is 1.31. The van der Waals surface area contributed by atoms with Crippen LogP contribution in [0.2, 0.25) is 0 Å². The zero-order chi connectivity index (χ0) is 14.8. The first kappa shape index (κ1) is 15.0. The molecule has 2 aliphatic heterocycles. The van der Waals surface area contributed by atoms with E-state index in [9.17, 15) is 4.79 Å². The van der Waals surface area contributed by atoms with E-state index in [2.05, 4.69) is 20.1 Å². The standard InChI is InChI=1S/C11H18N4O5/c1-11(2)19-9-8(14-15-12)6(18-10(9)20-11)4-13-5-7(16)17-3/h6,8-10,13H,4-5H2,1-3H3/t6-,8+,9-,10-/m1/s1. The van der Waals surface area contributed by atoms with E-state index in [1.54, 1.807) is 13.8 Å². The second kappa shape index (κ2) is 5.94. The smallest absolute Gasteiger partial charge is 0.319 e. The van der Waals surface area contributed by atoms with Crippen molar-refractivity contribution in [3.05, 3.63) is 10.4 Å². The van der Waals surface area contributed by atoms with Crippen molar-refractivity contribution in [1.82, 2.24) is 5.32 Å². The lowest BCUT2D eigenvalue weighted by Gasteiger charge is -2.23. The second-order valence-electron chi connectivity index (χ2n) is 5.05. The van der Waals surface area contributed by atoms with E-state index < -0.39 is 30.3 Å². The number of methoxy groups -OCH3 is 1. The maximum absolute atomic E-state index is 11.0. The van der Waals surface area contributed by atoms with Gasteiger partial charge in [-0.25, -0.2) is 0 Å². The van der Waals surface area contributed by atoms with Crippen LogP contribution in [0.5, 0.6) is 0 Å². The van der Waals surface area contributed by atoms with Crippen LogP contribution in [0.4, 0.5) is 0 Å². The van der Waals surface area contributed by atoms with Crippen molar-refractivity contribution in [2.45, 2.75) is 44.2 Å². The maximum atomic E-state index is 11.0. The molecule has 9 nitrogen and oxygen atoms in total. The zero-order valence-electron chi connectivity index (χ0n) is 11.6. The van der Waals surface area contributed by atoms with Gasteiger partial charge in [0.25, 0.3) is 0 Å². The highest BCUT2D eigenvalue weighted by Gasteiger charge is 2.54. The number of carbonyl (C=O) groups excluding carboxylic acids is 1. The molecule has 2 fully saturated rings. The second-order valence-corrected chi connectivity index (χ2v) is 5.05. The number of nitrogens with zero attached hydrogens (tertiary/aromatic N) is 3. The van der Waals surface area contributed by atoms with Gasteiger partial charge in [-0.1, -0.05) is 5.11 Å². The number of esters is 1. The number of fused-ring (bicyclic) bond motifs is 1. The molecule has 0 aromatic carbocycles. The Morgan fingerprint density at radius 3 is 2.90 bits per heavy atom. The molecule has 0 spiro atoms. The van der Waals surface area contributed by atoms with Crippen molar-refractivity contribution in [1.29, 1.82) is 0 Å². The van der Waals surface area contributed by atoms with Gasteiger partial charge in [-0.15, -0.1) is 0 Å². The molecule has 112 valence electrons. The Kier molecular flexibility index (Phi) is 4.46. The van der Waals surface area contributed by atoms with Crippen LogP contribution in [0.3, 0.4) is 0 Å². The molecular formula is C11H18N4O5. The summed E-state index contributed by atoms with van der Waals surface area (Å²) in [5.74, 6) is -1.14. The first-order valence-corrected chi connectivity index (χ1v) is 6.29. The Morgan fingerprint density at radius 1 is 1.50 bits per heavy atom. The largest absolute Gasteiger partial charge is 0.468 e. The fraction of sp³-hybridized carbons (Fsp3) is 0.909. The van der Waals surface area contributed by atoms with Gasteiger partial charge in [-0.05, 0) is 19.4 Å². The summed E-state index contributed by atoms with van der Waals surface area (Å²) in [6.07, 6.45) is -1.42. The van der Waals surface area contributed by atoms with Crippen LogP contribution in [-0.4, -0.2) is 56.5 Å². The molecule has 0 bridgehead atoms. The minimum Gasteiger partial charge on any atom is -0.468 e. The molecule has 2 aliphatic rings. The van der Waals surface area contributed by atoms with E-state index >= 15 is 0 Å². The highest BCUT2D eigenvalue weighted by molar-refractivity contribution is 5.71. The molecule has 2 heterocycles. The van der Waals surface area contributed by atoms with Gasteiger partial charge < -0.3 is 24.3 Å². The van der Waals surface area contributed by atoms with Crippen LogP contribution in [0, 0.1) is 0 Å². The van der Waals surface area contributed by atoms with E-state index in [0.717, 1.165) is 0 Å². The van der Waals surface area contributed by atoms with Gasteiger partial charge in [0.2, 0.25) is 0 Å². The van der Waals surface area contributed by atoms with E-state index in [1.165, 1.54) is 7.11 Å². The van der Waals surface area contributed by atoms with Crippen LogP contribution in [0.1, 0.15) is 13.8 Å². The third-order valence-electron chi connectivity index (χ3n) is 3.14. The Bertz CT molecular complexity index is 423. The maximum Gasteiger partial charge on any atom is 0.319 e. The Balaban J connectivity index is 1.94. The van der Waals surface area contributed by atoms with Crippen molar-refractivity contribution in [2.75, 3.05) is 20.2 Å². The zero-order valence-corrected chi connectivity index (χ0v) is 11.6. The molecule has 0 amide bonds. The molecule has 0 saturated carbocycles. The van der Waals surface area contributed by atoms with Gasteiger partial charge in [0.05, 0.1) is 25.8 Å². The summed E-state index contributed by atoms with van der Waals surface area (Å²) in [6, 6.07) is -0.503. The average molecular weight is 286 g/mol. The van der Waals surface area contributed by atoms with Gasteiger partial charge in [0.1, 0.15) is 6.10 Å². The van der Waals surface area contributed by atoms with Gasteiger partial charge in [0, 0.05) is 11.5 Å². The summed E-state index contributed by atoms with van der Waals surface area (Å²) in [6.45, 7) is 3.93. The Labute approximate surface area is 116 Å². The van der Waals surface area contributed by atoms with Crippen molar-refractivity contribution < 1.29 is 23.7 Å². The number of carbonyl (C=O) groups is 1. The summed E-state index contributed by atoms with van der Waals surface area (Å²) < 4.78 is 21.5. The SMILES string of the molecule is COC(=O)CNC[C@H]1O[C@@H]2OC(C)(C)O[C@@H]2[C@H]1N=[N+]=[N-]. The first-order chi connectivity index (χ1) is 9.46. The third kappa shape index (κ3) is 3.20. The number of azide groups is 1. The highest BCUT2D eigenvalue weighted by atomic mass is 16.8. The first-order valence-electron chi connectivity index (χ1n) is 6.29. The molecular weight excluding hydrogens is 268 g/mol. The molecule has 2 saturated heterocycles. The van der Waals surface area contributed by atoms with Crippen LogP contribution in [0.25, 0.3) is 10.4 Å². The molecule has 0 unspecified atom stereocenters. The van der Waals surface area contributed by atoms with Gasteiger partial charge in [-0.3, -0.25) is 4.79 Å². The normalized spacial score (nSPS) is 34.4. The van der Waals surface area contributed by atoms with Crippen LogP contribution >= 0.6 is 0 Å². The van der Waals surface area contributed by atoms with E-state index in [4.69, 9.17) is 19.7 Å².